The van der Waals surface area contributed by atoms with Gasteiger partial charge in [-0.15, -0.1) is 0 Å². The fourth-order valence-electron chi connectivity index (χ4n) is 3.69. The second-order valence-electron chi connectivity index (χ2n) is 8.40. The van der Waals surface area contributed by atoms with E-state index in [1.807, 2.05) is 6.92 Å². The Hall–Kier alpha value is -4.51. The molecule has 1 aliphatic rings. The number of anilines is 2. The maximum atomic E-state index is 13.2. The number of aryl methyl sites for hydroxylation is 1. The molecule has 0 unspecified atom stereocenters. The number of hydrogen-bond acceptors (Lipinski definition) is 6. The van der Waals surface area contributed by atoms with Gasteiger partial charge < -0.3 is 14.8 Å². The van der Waals surface area contributed by atoms with Gasteiger partial charge in [0, 0.05) is 5.69 Å². The number of carbonyl (C=O) groups excluding carboxylic acids is 4. The van der Waals surface area contributed by atoms with Gasteiger partial charge in [-0.2, -0.15) is 0 Å². The molecule has 4 rings (SSSR count). The first-order valence-electron chi connectivity index (χ1n) is 11.8. The highest BCUT2D eigenvalue weighted by Crippen LogP contribution is 2.38. The summed E-state index contributed by atoms with van der Waals surface area (Å²) in [6.45, 7) is 3.52. The summed E-state index contributed by atoms with van der Waals surface area (Å²) >= 11 is 3.40. The topological polar surface area (TPSA) is 114 Å². The molecule has 39 heavy (non-hydrogen) atoms. The molecule has 1 saturated heterocycles. The quantitative estimate of drug-likeness (QED) is 0.280. The second kappa shape index (κ2) is 11.9. The second-order valence-corrected chi connectivity index (χ2v) is 9.25. The van der Waals surface area contributed by atoms with Crippen molar-refractivity contribution in [2.24, 2.45) is 0 Å². The van der Waals surface area contributed by atoms with Crippen molar-refractivity contribution in [2.75, 3.05) is 23.4 Å². The normalized spacial score (nSPS) is 14.3. The van der Waals surface area contributed by atoms with Crippen LogP contribution in [0.15, 0.2) is 70.7 Å². The van der Waals surface area contributed by atoms with Crippen LogP contribution in [-0.2, 0) is 14.4 Å². The van der Waals surface area contributed by atoms with E-state index in [9.17, 15) is 23.6 Å². The number of nitrogens with one attached hydrogen (secondary N) is 2. The maximum absolute atomic E-state index is 13.2. The minimum atomic E-state index is -0.843. The van der Waals surface area contributed by atoms with Gasteiger partial charge in [-0.3, -0.25) is 19.7 Å². The Kier molecular flexibility index (Phi) is 8.40. The molecule has 11 heteroatoms. The Morgan fingerprint density at radius 2 is 1.74 bits per heavy atom. The van der Waals surface area contributed by atoms with Gasteiger partial charge >= 0.3 is 6.03 Å². The summed E-state index contributed by atoms with van der Waals surface area (Å²) in [4.78, 5) is 51.4. The third kappa shape index (κ3) is 6.50. The fourth-order valence-corrected chi connectivity index (χ4v) is 4.27. The number of halogens is 2. The summed E-state index contributed by atoms with van der Waals surface area (Å²) in [7, 11) is 0. The molecule has 0 radical (unpaired) electrons. The standard InChI is InChI=1S/C28H23BrFN3O6/c1-3-38-23-14-17(13-22(29)25(23)39-15-24(34)31-19-8-6-18(30)7-9-19)12-21-26(35)32-28(37)33(27(21)36)20-10-4-16(2)5-11-20/h4-14H,3,15H2,1-2H3,(H,31,34)(H,32,35,37)/b21-12+. The maximum Gasteiger partial charge on any atom is 0.335 e. The third-order valence-corrected chi connectivity index (χ3v) is 6.10. The molecule has 9 nitrogen and oxygen atoms in total. The van der Waals surface area contributed by atoms with Gasteiger partial charge in [0.2, 0.25) is 0 Å². The Labute approximate surface area is 231 Å². The molecule has 0 spiro atoms. The number of benzene rings is 3. The minimum Gasteiger partial charge on any atom is -0.490 e. The number of amides is 5. The molecule has 1 aliphatic heterocycles. The molecule has 3 aromatic rings. The third-order valence-electron chi connectivity index (χ3n) is 5.51. The predicted molar refractivity (Wildman–Crippen MR) is 146 cm³/mol. The summed E-state index contributed by atoms with van der Waals surface area (Å²) in [5.41, 5.74) is 1.83. The van der Waals surface area contributed by atoms with Gasteiger partial charge in [0.05, 0.1) is 16.8 Å². The van der Waals surface area contributed by atoms with Crippen molar-refractivity contribution in [1.29, 1.82) is 0 Å². The van der Waals surface area contributed by atoms with Gasteiger partial charge in [-0.25, -0.2) is 14.1 Å². The molecular weight excluding hydrogens is 573 g/mol. The van der Waals surface area contributed by atoms with E-state index in [1.54, 1.807) is 43.3 Å². The van der Waals surface area contributed by atoms with Crippen LogP contribution in [0.3, 0.4) is 0 Å². The summed E-state index contributed by atoms with van der Waals surface area (Å²) in [6.07, 6.45) is 1.34. The average Bonchev–Trinajstić information content (AvgIpc) is 2.88. The fraction of sp³-hybridized carbons (Fsp3) is 0.143. The zero-order chi connectivity index (χ0) is 28.1. The molecule has 0 atom stereocenters. The lowest BCUT2D eigenvalue weighted by Gasteiger charge is -2.26. The lowest BCUT2D eigenvalue weighted by molar-refractivity contribution is -0.122. The largest absolute Gasteiger partial charge is 0.490 e. The molecule has 0 saturated carbocycles. The first-order valence-corrected chi connectivity index (χ1v) is 12.6. The Balaban J connectivity index is 1.57. The van der Waals surface area contributed by atoms with Crippen LogP contribution in [0.2, 0.25) is 0 Å². The molecule has 2 N–H and O–H groups in total. The first kappa shape index (κ1) is 27.5. The molecular formula is C28H23BrFN3O6. The van der Waals surface area contributed by atoms with Crippen molar-refractivity contribution in [2.45, 2.75) is 13.8 Å². The number of hydrogen-bond donors (Lipinski definition) is 2. The summed E-state index contributed by atoms with van der Waals surface area (Å²) in [6, 6.07) is 14.3. The van der Waals surface area contributed by atoms with Crippen LogP contribution in [0, 0.1) is 12.7 Å². The SMILES string of the molecule is CCOc1cc(/C=C2\C(=O)NC(=O)N(c3ccc(C)cc3)C2=O)cc(Br)c1OCC(=O)Nc1ccc(F)cc1. The van der Waals surface area contributed by atoms with Gasteiger partial charge in [-0.05, 0) is 89.9 Å². The summed E-state index contributed by atoms with van der Waals surface area (Å²) in [5.74, 6) is -2.04. The Morgan fingerprint density at radius 1 is 1.05 bits per heavy atom. The minimum absolute atomic E-state index is 0.226. The van der Waals surface area contributed by atoms with Gasteiger partial charge in [0.25, 0.3) is 17.7 Å². The zero-order valence-electron chi connectivity index (χ0n) is 20.9. The average molecular weight is 596 g/mol. The van der Waals surface area contributed by atoms with E-state index < -0.39 is 29.6 Å². The van der Waals surface area contributed by atoms with E-state index in [2.05, 4.69) is 26.6 Å². The van der Waals surface area contributed by atoms with Crippen LogP contribution < -0.4 is 25.0 Å². The van der Waals surface area contributed by atoms with E-state index in [0.29, 0.717) is 21.4 Å². The van der Waals surface area contributed by atoms with E-state index in [-0.39, 0.29) is 30.3 Å². The van der Waals surface area contributed by atoms with Crippen LogP contribution in [0.5, 0.6) is 11.5 Å². The van der Waals surface area contributed by atoms with E-state index >= 15 is 0 Å². The van der Waals surface area contributed by atoms with Crippen LogP contribution in [-0.4, -0.2) is 37.0 Å². The lowest BCUT2D eigenvalue weighted by atomic mass is 10.1. The van der Waals surface area contributed by atoms with Crippen molar-refractivity contribution >= 4 is 57.1 Å². The predicted octanol–water partition coefficient (Wildman–Crippen LogP) is 4.98. The summed E-state index contributed by atoms with van der Waals surface area (Å²) < 4.78 is 24.8. The molecule has 1 fully saturated rings. The lowest BCUT2D eigenvalue weighted by Crippen LogP contribution is -2.54. The van der Waals surface area contributed by atoms with Crippen LogP contribution in [0.25, 0.3) is 6.08 Å². The molecule has 0 bridgehead atoms. The zero-order valence-corrected chi connectivity index (χ0v) is 22.5. The number of urea groups is 1. The Morgan fingerprint density at radius 3 is 2.41 bits per heavy atom. The van der Waals surface area contributed by atoms with Gasteiger partial charge in [0.15, 0.2) is 18.1 Å². The van der Waals surface area contributed by atoms with Crippen molar-refractivity contribution in [1.82, 2.24) is 5.32 Å². The molecule has 200 valence electrons. The summed E-state index contributed by atoms with van der Waals surface area (Å²) in [5, 5.41) is 4.79. The highest BCUT2D eigenvalue weighted by atomic mass is 79.9. The number of imide groups is 2. The molecule has 3 aromatic carbocycles. The van der Waals surface area contributed by atoms with Gasteiger partial charge in [0.1, 0.15) is 11.4 Å². The number of carbonyl (C=O) groups is 4. The first-order chi connectivity index (χ1) is 18.7. The highest BCUT2D eigenvalue weighted by molar-refractivity contribution is 9.10. The molecule has 0 aliphatic carbocycles. The van der Waals surface area contributed by atoms with Gasteiger partial charge in [-0.1, -0.05) is 17.7 Å². The van der Waals surface area contributed by atoms with E-state index in [0.717, 1.165) is 10.5 Å². The molecule has 0 aromatic heterocycles. The number of ether oxygens (including phenoxy) is 2. The van der Waals surface area contributed by atoms with E-state index in [1.165, 1.54) is 30.3 Å². The Bertz CT molecular complexity index is 1470. The number of nitrogens with zero attached hydrogens (tertiary/aromatic N) is 1. The van der Waals surface area contributed by atoms with Crippen molar-refractivity contribution < 1.29 is 33.0 Å². The molecule has 1 heterocycles. The van der Waals surface area contributed by atoms with Crippen LogP contribution in [0.4, 0.5) is 20.6 Å². The monoisotopic (exact) mass is 595 g/mol. The van der Waals surface area contributed by atoms with Crippen LogP contribution >= 0.6 is 15.9 Å². The van der Waals surface area contributed by atoms with Crippen LogP contribution in [0.1, 0.15) is 18.1 Å². The van der Waals surface area contributed by atoms with E-state index in [4.69, 9.17) is 9.47 Å². The number of rotatable bonds is 8. The van der Waals surface area contributed by atoms with Crippen molar-refractivity contribution in [3.8, 4) is 11.5 Å². The number of barbiturate groups is 1. The molecule has 5 amide bonds. The smallest absolute Gasteiger partial charge is 0.335 e. The highest BCUT2D eigenvalue weighted by Gasteiger charge is 2.36. The van der Waals surface area contributed by atoms with Crippen molar-refractivity contribution in [3.63, 3.8) is 0 Å². The van der Waals surface area contributed by atoms with Crippen molar-refractivity contribution in [3.05, 3.63) is 87.7 Å².